The first-order chi connectivity index (χ1) is 17.6. The highest BCUT2D eigenvalue weighted by molar-refractivity contribution is 6.30. The molecule has 190 valence electrons. The lowest BCUT2D eigenvalue weighted by atomic mass is 9.99. The Kier molecular flexibility index (Phi) is 7.90. The summed E-state index contributed by atoms with van der Waals surface area (Å²) in [6.07, 6.45) is 2.23. The van der Waals surface area contributed by atoms with Crippen molar-refractivity contribution in [3.05, 3.63) is 59.2 Å². The largest absolute Gasteiger partial charge is 0.492 e. The van der Waals surface area contributed by atoms with Crippen molar-refractivity contribution >= 4 is 39.8 Å². The van der Waals surface area contributed by atoms with Crippen LogP contribution in [0.25, 0.3) is 10.8 Å². The van der Waals surface area contributed by atoms with E-state index in [1.54, 1.807) is 6.07 Å². The van der Waals surface area contributed by atoms with Gasteiger partial charge in [0.05, 0.1) is 13.2 Å². The summed E-state index contributed by atoms with van der Waals surface area (Å²) in [5, 5.41) is 5.30. The number of aromatic nitrogens is 1. The number of ether oxygens (including phenoxy) is 2. The van der Waals surface area contributed by atoms with Gasteiger partial charge in [0.1, 0.15) is 23.3 Å². The molecule has 0 unspecified atom stereocenters. The second kappa shape index (κ2) is 11.5. The van der Waals surface area contributed by atoms with Gasteiger partial charge in [-0.15, -0.1) is 0 Å². The van der Waals surface area contributed by atoms with Gasteiger partial charge in [0.2, 0.25) is 0 Å². The van der Waals surface area contributed by atoms with Crippen LogP contribution in [-0.2, 0) is 4.74 Å². The van der Waals surface area contributed by atoms with Gasteiger partial charge < -0.3 is 19.7 Å². The van der Waals surface area contributed by atoms with E-state index in [0.29, 0.717) is 23.2 Å². The predicted octanol–water partition coefficient (Wildman–Crippen LogP) is 5.09. The number of benzene rings is 2. The molecule has 0 bridgehead atoms. The molecule has 1 N–H and O–H groups in total. The molecule has 36 heavy (non-hydrogen) atoms. The molecule has 1 aromatic heterocycles. The predicted molar refractivity (Wildman–Crippen MR) is 145 cm³/mol. The Morgan fingerprint density at radius 1 is 1.08 bits per heavy atom. The number of halogens is 1. The lowest BCUT2D eigenvalue weighted by molar-refractivity contribution is 0.0323. The number of pyridine rings is 1. The topological polar surface area (TPSA) is 66.9 Å². The molecule has 3 heterocycles. The molecule has 0 atom stereocenters. The highest BCUT2D eigenvalue weighted by atomic mass is 35.5. The van der Waals surface area contributed by atoms with E-state index in [9.17, 15) is 4.79 Å². The first-order valence-electron chi connectivity index (χ1n) is 12.8. The van der Waals surface area contributed by atoms with Gasteiger partial charge in [0.15, 0.2) is 0 Å². The minimum atomic E-state index is -0.211. The average Bonchev–Trinajstić information content (AvgIpc) is 2.90. The van der Waals surface area contributed by atoms with Gasteiger partial charge in [0, 0.05) is 54.7 Å². The number of nitrogens with one attached hydrogen (secondary N) is 1. The smallest absolute Gasteiger partial charge is 0.255 e. The van der Waals surface area contributed by atoms with Gasteiger partial charge in [-0.05, 0) is 43.0 Å². The molecular weight excluding hydrogens is 476 g/mol. The van der Waals surface area contributed by atoms with E-state index in [2.05, 4.69) is 27.0 Å². The molecule has 2 aromatic carbocycles. The quantitative estimate of drug-likeness (QED) is 0.448. The van der Waals surface area contributed by atoms with Gasteiger partial charge in [-0.1, -0.05) is 42.8 Å². The van der Waals surface area contributed by atoms with Crippen LogP contribution in [0.4, 0.5) is 11.5 Å². The lowest BCUT2D eigenvalue weighted by Crippen LogP contribution is -2.38. The Morgan fingerprint density at radius 3 is 2.61 bits per heavy atom. The maximum absolute atomic E-state index is 13.3. The second-order valence-corrected chi connectivity index (χ2v) is 10.0. The standard InChI is InChI=1S/C28H33ClN4O3/c1-20-8-10-33(11-9-20)27-19-21(18-26(29)31-27)28(34)30-24-6-7-25(23-5-3-2-4-22(23)24)36-17-14-32-12-15-35-16-13-32/h2-7,18-20H,8-17H2,1H3,(H,30,34). The van der Waals surface area contributed by atoms with E-state index in [-0.39, 0.29) is 5.91 Å². The summed E-state index contributed by atoms with van der Waals surface area (Å²) in [4.78, 5) is 22.3. The van der Waals surface area contributed by atoms with E-state index in [0.717, 1.165) is 86.8 Å². The number of hydrogen-bond donors (Lipinski definition) is 1. The fraction of sp³-hybridized carbons (Fsp3) is 0.429. The third-order valence-electron chi connectivity index (χ3n) is 7.05. The Morgan fingerprint density at radius 2 is 1.83 bits per heavy atom. The Balaban J connectivity index is 1.31. The number of fused-ring (bicyclic) bond motifs is 1. The molecule has 2 fully saturated rings. The van der Waals surface area contributed by atoms with Crippen molar-refractivity contribution in [2.75, 3.05) is 62.8 Å². The zero-order chi connectivity index (χ0) is 24.9. The molecule has 8 heteroatoms. The number of nitrogens with zero attached hydrogens (tertiary/aromatic N) is 3. The molecule has 0 radical (unpaired) electrons. The number of piperidine rings is 1. The molecule has 0 spiro atoms. The van der Waals surface area contributed by atoms with E-state index >= 15 is 0 Å². The molecule has 1 amide bonds. The summed E-state index contributed by atoms with van der Waals surface area (Å²) in [5.41, 5.74) is 1.23. The summed E-state index contributed by atoms with van der Waals surface area (Å²) < 4.78 is 11.6. The summed E-state index contributed by atoms with van der Waals surface area (Å²) in [6.45, 7) is 9.00. The second-order valence-electron chi connectivity index (χ2n) is 9.62. The molecule has 7 nitrogen and oxygen atoms in total. The summed E-state index contributed by atoms with van der Waals surface area (Å²) in [7, 11) is 0. The van der Waals surface area contributed by atoms with Crippen LogP contribution in [0.1, 0.15) is 30.1 Å². The van der Waals surface area contributed by atoms with Crippen LogP contribution in [-0.4, -0.2) is 68.3 Å². The Bertz CT molecular complexity index is 1210. The van der Waals surface area contributed by atoms with E-state index in [1.807, 2.05) is 42.5 Å². The van der Waals surface area contributed by atoms with Crippen LogP contribution in [0.15, 0.2) is 48.5 Å². The molecule has 3 aromatic rings. The first-order valence-corrected chi connectivity index (χ1v) is 13.1. The maximum Gasteiger partial charge on any atom is 0.255 e. The van der Waals surface area contributed by atoms with Gasteiger partial charge in [-0.25, -0.2) is 4.98 Å². The number of carbonyl (C=O) groups is 1. The number of hydrogen-bond acceptors (Lipinski definition) is 6. The van der Waals surface area contributed by atoms with E-state index in [4.69, 9.17) is 21.1 Å². The minimum absolute atomic E-state index is 0.211. The van der Waals surface area contributed by atoms with E-state index < -0.39 is 0 Å². The number of rotatable bonds is 7. The van der Waals surface area contributed by atoms with Crippen LogP contribution < -0.4 is 15.0 Å². The maximum atomic E-state index is 13.3. The zero-order valence-corrected chi connectivity index (χ0v) is 21.5. The van der Waals surface area contributed by atoms with Crippen molar-refractivity contribution in [3.63, 3.8) is 0 Å². The van der Waals surface area contributed by atoms with Gasteiger partial charge in [-0.3, -0.25) is 9.69 Å². The van der Waals surface area contributed by atoms with Crippen molar-refractivity contribution in [2.24, 2.45) is 5.92 Å². The van der Waals surface area contributed by atoms with Crippen molar-refractivity contribution in [2.45, 2.75) is 19.8 Å². The summed E-state index contributed by atoms with van der Waals surface area (Å²) in [5.74, 6) is 2.07. The summed E-state index contributed by atoms with van der Waals surface area (Å²) >= 11 is 6.32. The van der Waals surface area contributed by atoms with Crippen LogP contribution in [0.5, 0.6) is 5.75 Å². The molecular formula is C28H33ClN4O3. The van der Waals surface area contributed by atoms with Crippen LogP contribution in [0.2, 0.25) is 5.15 Å². The Hall–Kier alpha value is -2.87. The highest BCUT2D eigenvalue weighted by Crippen LogP contribution is 2.32. The van der Waals surface area contributed by atoms with E-state index in [1.165, 1.54) is 0 Å². The van der Waals surface area contributed by atoms with Crippen molar-refractivity contribution in [3.8, 4) is 5.75 Å². The number of carbonyl (C=O) groups excluding carboxylic acids is 1. The van der Waals surface area contributed by atoms with Gasteiger partial charge >= 0.3 is 0 Å². The zero-order valence-electron chi connectivity index (χ0n) is 20.7. The van der Waals surface area contributed by atoms with Crippen LogP contribution in [0.3, 0.4) is 0 Å². The molecule has 2 aliphatic heterocycles. The lowest BCUT2D eigenvalue weighted by Gasteiger charge is -2.31. The number of anilines is 2. The molecule has 0 saturated carbocycles. The first kappa shape index (κ1) is 24.8. The van der Waals surface area contributed by atoms with Crippen molar-refractivity contribution < 1.29 is 14.3 Å². The Labute approximate surface area is 217 Å². The highest BCUT2D eigenvalue weighted by Gasteiger charge is 2.20. The SMILES string of the molecule is CC1CCN(c2cc(C(=O)Nc3ccc(OCCN4CCOCC4)c4ccccc34)cc(Cl)n2)CC1. The third kappa shape index (κ3) is 5.91. The number of morpholine rings is 1. The van der Waals surface area contributed by atoms with Crippen molar-refractivity contribution in [1.82, 2.24) is 9.88 Å². The fourth-order valence-corrected chi connectivity index (χ4v) is 5.03. The van der Waals surface area contributed by atoms with Crippen molar-refractivity contribution in [1.29, 1.82) is 0 Å². The van der Waals surface area contributed by atoms with Crippen LogP contribution in [0, 0.1) is 5.92 Å². The average molecular weight is 509 g/mol. The van der Waals surface area contributed by atoms with Gasteiger partial charge in [-0.2, -0.15) is 0 Å². The molecule has 2 saturated heterocycles. The molecule has 0 aliphatic carbocycles. The minimum Gasteiger partial charge on any atom is -0.492 e. The fourth-order valence-electron chi connectivity index (χ4n) is 4.82. The summed E-state index contributed by atoms with van der Waals surface area (Å²) in [6, 6.07) is 15.3. The molecule has 2 aliphatic rings. The third-order valence-corrected chi connectivity index (χ3v) is 7.25. The molecule has 5 rings (SSSR count). The van der Waals surface area contributed by atoms with Gasteiger partial charge in [0.25, 0.3) is 5.91 Å². The normalized spacial score (nSPS) is 17.3. The monoisotopic (exact) mass is 508 g/mol. The van der Waals surface area contributed by atoms with Crippen LogP contribution >= 0.6 is 11.6 Å². The number of amides is 1.